The first kappa shape index (κ1) is 20.6. The highest BCUT2D eigenvalue weighted by atomic mass is 32.2. The molecule has 2 aromatic rings. The molecule has 0 radical (unpaired) electrons. The maximum Gasteiger partial charge on any atom is 0.146 e. The van der Waals surface area contributed by atoms with E-state index >= 15 is 0 Å². The van der Waals surface area contributed by atoms with Crippen LogP contribution in [0.2, 0.25) is 0 Å². The summed E-state index contributed by atoms with van der Waals surface area (Å²) in [6.07, 6.45) is 4.80. The smallest absolute Gasteiger partial charge is 0.146 e. The first-order valence-electron chi connectivity index (χ1n) is 9.25. The van der Waals surface area contributed by atoms with Crippen LogP contribution >= 0.6 is 11.8 Å². The fourth-order valence-corrected chi connectivity index (χ4v) is 3.39. The summed E-state index contributed by atoms with van der Waals surface area (Å²) in [7, 11) is 0. The summed E-state index contributed by atoms with van der Waals surface area (Å²) in [6, 6.07) is 8.52. The molecule has 0 saturated heterocycles. The molecule has 0 bridgehead atoms. The van der Waals surface area contributed by atoms with Gasteiger partial charge in [0.05, 0.1) is 17.8 Å². The highest BCUT2D eigenvalue weighted by molar-refractivity contribution is 7.98. The first-order valence-corrected chi connectivity index (χ1v) is 10.5. The molecule has 0 aliphatic carbocycles. The highest BCUT2D eigenvalue weighted by Gasteiger charge is 2.19. The number of pyridine rings is 1. The number of nitrogens with two attached hydrogens (primary N) is 1. The van der Waals surface area contributed by atoms with Gasteiger partial charge in [0.25, 0.3) is 0 Å². The molecule has 1 aromatic heterocycles. The minimum absolute atomic E-state index is 0.205. The third kappa shape index (κ3) is 5.15. The van der Waals surface area contributed by atoms with Gasteiger partial charge < -0.3 is 15.2 Å². The molecule has 4 nitrogen and oxygen atoms in total. The van der Waals surface area contributed by atoms with Crippen LogP contribution in [0.4, 0.5) is 0 Å². The molecule has 3 rings (SSSR count). The minimum atomic E-state index is 0.205. The Morgan fingerprint density at radius 3 is 2.69 bits per heavy atom. The van der Waals surface area contributed by atoms with Crippen molar-refractivity contribution in [2.24, 2.45) is 11.7 Å². The average molecular weight is 375 g/mol. The Balaban J connectivity index is 0.00000117. The van der Waals surface area contributed by atoms with Crippen LogP contribution in [0.15, 0.2) is 35.5 Å². The maximum absolute atomic E-state index is 5.94. The number of aromatic nitrogens is 1. The molecule has 2 unspecified atom stereocenters. The summed E-state index contributed by atoms with van der Waals surface area (Å²) in [4.78, 5) is 4.38. The Morgan fingerprint density at radius 1 is 1.23 bits per heavy atom. The fourth-order valence-electron chi connectivity index (χ4n) is 3.00. The van der Waals surface area contributed by atoms with Gasteiger partial charge in [-0.05, 0) is 49.3 Å². The maximum atomic E-state index is 5.94. The summed E-state index contributed by atoms with van der Waals surface area (Å²) in [5, 5.41) is 0.996. The van der Waals surface area contributed by atoms with Gasteiger partial charge in [-0.1, -0.05) is 26.8 Å². The number of fused-ring (bicyclic) bond motifs is 3. The molecular formula is C21H30N2O2S. The zero-order valence-corrected chi connectivity index (χ0v) is 17.2. The van der Waals surface area contributed by atoms with Crippen LogP contribution in [-0.4, -0.2) is 23.9 Å². The molecule has 142 valence electrons. The Labute approximate surface area is 161 Å². The van der Waals surface area contributed by atoms with Crippen LogP contribution in [0, 0.1) is 5.92 Å². The van der Waals surface area contributed by atoms with E-state index in [2.05, 4.69) is 30.1 Å². The van der Waals surface area contributed by atoms with Crippen LogP contribution in [0.25, 0.3) is 11.1 Å². The van der Waals surface area contributed by atoms with Gasteiger partial charge in [0.1, 0.15) is 18.1 Å². The van der Waals surface area contributed by atoms with Crippen molar-refractivity contribution in [1.82, 2.24) is 4.98 Å². The molecular weight excluding hydrogens is 344 g/mol. The topological polar surface area (TPSA) is 57.4 Å². The molecule has 2 N–H and O–H groups in total. The minimum Gasteiger partial charge on any atom is -0.493 e. The van der Waals surface area contributed by atoms with E-state index in [9.17, 15) is 0 Å². The number of ether oxygens (including phenoxy) is 2. The summed E-state index contributed by atoms with van der Waals surface area (Å²) < 4.78 is 11.8. The molecule has 1 aliphatic heterocycles. The lowest BCUT2D eigenvalue weighted by Crippen LogP contribution is -2.21. The second kappa shape index (κ2) is 9.83. The largest absolute Gasteiger partial charge is 0.493 e. The fraction of sp³-hybridized carbons (Fsp3) is 0.476. The van der Waals surface area contributed by atoms with Crippen LogP contribution < -0.4 is 15.2 Å². The summed E-state index contributed by atoms with van der Waals surface area (Å²) in [5.74, 6) is 2.17. The standard InChI is InChI=1S/C19H24N2O2S.C2H6/c1-12(6-13(2)20)10-22-15-4-5-16-14(7-15)11-23-18-9-21-19(24-3)8-17(16)18;1-2/h4-5,7-9,12-13H,6,10-11,20H2,1-3H3;1-2H3. The Kier molecular flexibility index (Phi) is 7.79. The zero-order chi connectivity index (χ0) is 19.1. The lowest BCUT2D eigenvalue weighted by atomic mass is 9.98. The van der Waals surface area contributed by atoms with Crippen molar-refractivity contribution in [3.8, 4) is 22.6 Å². The number of hydrogen-bond acceptors (Lipinski definition) is 5. The lowest BCUT2D eigenvalue weighted by molar-refractivity contribution is 0.245. The quantitative estimate of drug-likeness (QED) is 0.709. The first-order chi connectivity index (χ1) is 12.6. The third-order valence-electron chi connectivity index (χ3n) is 4.11. The molecule has 2 heterocycles. The van der Waals surface area contributed by atoms with E-state index in [4.69, 9.17) is 15.2 Å². The average Bonchev–Trinajstić information content (AvgIpc) is 2.66. The summed E-state index contributed by atoms with van der Waals surface area (Å²) >= 11 is 1.63. The highest BCUT2D eigenvalue weighted by Crippen LogP contribution is 2.39. The molecule has 0 spiro atoms. The summed E-state index contributed by atoms with van der Waals surface area (Å²) in [5.41, 5.74) is 9.30. The molecule has 1 aliphatic rings. The molecule has 2 atom stereocenters. The van der Waals surface area contributed by atoms with E-state index in [-0.39, 0.29) is 6.04 Å². The van der Waals surface area contributed by atoms with Gasteiger partial charge >= 0.3 is 0 Å². The van der Waals surface area contributed by atoms with E-state index in [0.29, 0.717) is 19.1 Å². The van der Waals surface area contributed by atoms with Gasteiger partial charge in [-0.2, -0.15) is 0 Å². The van der Waals surface area contributed by atoms with E-state index < -0.39 is 0 Å². The molecule has 0 saturated carbocycles. The van der Waals surface area contributed by atoms with E-state index in [1.807, 2.05) is 39.3 Å². The summed E-state index contributed by atoms with van der Waals surface area (Å²) in [6.45, 7) is 9.42. The van der Waals surface area contributed by atoms with Gasteiger partial charge in [-0.25, -0.2) is 4.98 Å². The van der Waals surface area contributed by atoms with Crippen LogP contribution in [0.1, 0.15) is 39.7 Å². The predicted octanol–water partition coefficient (Wildman–Crippen LogP) is 5.14. The zero-order valence-electron chi connectivity index (χ0n) is 16.4. The number of hydrogen-bond donors (Lipinski definition) is 1. The van der Waals surface area contributed by atoms with Gasteiger partial charge in [0.2, 0.25) is 0 Å². The van der Waals surface area contributed by atoms with E-state index in [1.165, 1.54) is 5.56 Å². The van der Waals surface area contributed by atoms with Gasteiger partial charge in [0.15, 0.2) is 0 Å². The monoisotopic (exact) mass is 374 g/mol. The van der Waals surface area contributed by atoms with Crippen LogP contribution in [0.3, 0.4) is 0 Å². The molecule has 26 heavy (non-hydrogen) atoms. The van der Waals surface area contributed by atoms with Crippen molar-refractivity contribution in [2.45, 2.75) is 51.8 Å². The third-order valence-corrected chi connectivity index (χ3v) is 4.75. The van der Waals surface area contributed by atoms with Crippen molar-refractivity contribution in [2.75, 3.05) is 12.9 Å². The Morgan fingerprint density at radius 2 is 2.00 bits per heavy atom. The van der Waals surface area contributed by atoms with Crippen molar-refractivity contribution in [1.29, 1.82) is 0 Å². The van der Waals surface area contributed by atoms with E-state index in [0.717, 1.165) is 34.1 Å². The SMILES string of the molecule is CC.CSc1cc2c(cn1)OCc1cc(OCC(C)CC(C)N)ccc1-2. The number of rotatable bonds is 6. The van der Waals surface area contributed by atoms with Crippen molar-refractivity contribution in [3.63, 3.8) is 0 Å². The van der Waals surface area contributed by atoms with E-state index in [1.54, 1.807) is 11.8 Å². The lowest BCUT2D eigenvalue weighted by Gasteiger charge is -2.22. The number of thioether (sulfide) groups is 1. The van der Waals surface area contributed by atoms with Crippen LogP contribution in [0.5, 0.6) is 11.5 Å². The number of nitrogens with zero attached hydrogens (tertiary/aromatic N) is 1. The second-order valence-corrected chi connectivity index (χ2v) is 7.29. The predicted molar refractivity (Wildman–Crippen MR) is 110 cm³/mol. The Hall–Kier alpha value is -1.72. The molecule has 0 fully saturated rings. The normalized spacial score (nSPS) is 14.1. The van der Waals surface area contributed by atoms with Gasteiger partial charge in [0, 0.05) is 17.2 Å². The molecule has 5 heteroatoms. The Bertz CT molecular complexity index is 719. The van der Waals surface area contributed by atoms with Gasteiger partial charge in [-0.3, -0.25) is 0 Å². The van der Waals surface area contributed by atoms with Crippen molar-refractivity contribution in [3.05, 3.63) is 36.0 Å². The molecule has 0 amide bonds. The van der Waals surface area contributed by atoms with Crippen LogP contribution in [-0.2, 0) is 6.61 Å². The van der Waals surface area contributed by atoms with Crippen molar-refractivity contribution < 1.29 is 9.47 Å². The molecule has 1 aromatic carbocycles. The van der Waals surface area contributed by atoms with Gasteiger partial charge in [-0.15, -0.1) is 11.8 Å². The van der Waals surface area contributed by atoms with Crippen molar-refractivity contribution >= 4 is 11.8 Å². The second-order valence-electron chi connectivity index (χ2n) is 6.46. The number of benzene rings is 1.